The van der Waals surface area contributed by atoms with Crippen molar-refractivity contribution >= 4 is 9.84 Å². The van der Waals surface area contributed by atoms with Crippen LogP contribution in [-0.2, 0) is 9.84 Å². The number of hydrogen-bond acceptors (Lipinski definition) is 3. The number of sulfone groups is 1. The molecule has 0 aromatic rings. The third-order valence-corrected chi connectivity index (χ3v) is 8.88. The molecule has 4 heteroatoms. The highest BCUT2D eigenvalue weighted by atomic mass is 32.2. The van der Waals surface area contributed by atoms with E-state index in [9.17, 15) is 8.42 Å². The lowest BCUT2D eigenvalue weighted by Gasteiger charge is -2.59. The molecule has 2 atom stereocenters. The van der Waals surface area contributed by atoms with Gasteiger partial charge in [-0.15, -0.1) is 0 Å². The van der Waals surface area contributed by atoms with Gasteiger partial charge < -0.3 is 5.32 Å². The Kier molecular flexibility index (Phi) is 3.42. The Labute approximate surface area is 129 Å². The zero-order valence-electron chi connectivity index (χ0n) is 13.2. The topological polar surface area (TPSA) is 46.2 Å². The van der Waals surface area contributed by atoms with Crippen LogP contribution in [-0.4, -0.2) is 32.5 Å². The van der Waals surface area contributed by atoms with Crippen LogP contribution >= 0.6 is 0 Å². The average Bonchev–Trinajstić information content (AvgIpc) is 2.74. The summed E-state index contributed by atoms with van der Waals surface area (Å²) in [6.45, 7) is 3.28. The van der Waals surface area contributed by atoms with Crippen molar-refractivity contribution in [2.24, 2.45) is 29.1 Å². The number of nitrogens with one attached hydrogen (secondary N) is 1. The molecular formula is C17H29NO2S. The van der Waals surface area contributed by atoms with Gasteiger partial charge in [-0.2, -0.15) is 0 Å². The van der Waals surface area contributed by atoms with Crippen LogP contribution in [0.5, 0.6) is 0 Å². The lowest BCUT2D eigenvalue weighted by atomic mass is 9.48. The molecule has 5 rings (SSSR count). The van der Waals surface area contributed by atoms with Crippen LogP contribution < -0.4 is 5.32 Å². The van der Waals surface area contributed by atoms with E-state index in [1.54, 1.807) is 0 Å². The minimum atomic E-state index is -2.73. The van der Waals surface area contributed by atoms with Crippen molar-refractivity contribution in [2.45, 2.75) is 57.9 Å². The van der Waals surface area contributed by atoms with Gasteiger partial charge in [0, 0.05) is 6.04 Å². The van der Waals surface area contributed by atoms with Crippen molar-refractivity contribution in [1.29, 1.82) is 0 Å². The molecular weight excluding hydrogens is 282 g/mol. The molecule has 1 saturated heterocycles. The van der Waals surface area contributed by atoms with Crippen molar-refractivity contribution in [3.05, 3.63) is 0 Å². The lowest BCUT2D eigenvalue weighted by Crippen LogP contribution is -2.55. The van der Waals surface area contributed by atoms with Crippen LogP contribution in [0.3, 0.4) is 0 Å². The van der Waals surface area contributed by atoms with Crippen LogP contribution in [0.1, 0.15) is 51.9 Å². The van der Waals surface area contributed by atoms with Crippen LogP contribution in [0.2, 0.25) is 0 Å². The molecule has 0 radical (unpaired) electrons. The van der Waals surface area contributed by atoms with Crippen molar-refractivity contribution in [3.63, 3.8) is 0 Å². The number of rotatable bonds is 4. The molecule has 120 valence electrons. The SMILES string of the molecule is C[C@@H](NC[C@@H]1CCS(=O)(=O)C1)C12CC3CC(CC(C3)C1)C2. The number of hydrogen-bond donors (Lipinski definition) is 1. The second-order valence-electron chi connectivity index (χ2n) is 8.68. The Bertz CT molecular complexity index is 478. The van der Waals surface area contributed by atoms with Gasteiger partial charge in [0.05, 0.1) is 11.5 Å². The third kappa shape index (κ3) is 2.67. The largest absolute Gasteiger partial charge is 0.313 e. The van der Waals surface area contributed by atoms with Gasteiger partial charge in [0.2, 0.25) is 0 Å². The quantitative estimate of drug-likeness (QED) is 0.868. The van der Waals surface area contributed by atoms with Gasteiger partial charge in [0.1, 0.15) is 0 Å². The summed E-state index contributed by atoms with van der Waals surface area (Å²) in [6, 6.07) is 0.564. The summed E-state index contributed by atoms with van der Waals surface area (Å²) < 4.78 is 23.2. The maximum absolute atomic E-state index is 11.6. The molecule has 4 bridgehead atoms. The van der Waals surface area contributed by atoms with Crippen molar-refractivity contribution < 1.29 is 8.42 Å². The molecule has 0 aromatic carbocycles. The fourth-order valence-corrected chi connectivity index (χ4v) is 8.16. The van der Waals surface area contributed by atoms with Gasteiger partial charge in [-0.25, -0.2) is 8.42 Å². The molecule has 0 amide bonds. The normalized spacial score (nSPS) is 48.6. The average molecular weight is 311 g/mol. The highest BCUT2D eigenvalue weighted by molar-refractivity contribution is 7.91. The molecule has 5 aliphatic rings. The summed E-state index contributed by atoms with van der Waals surface area (Å²) in [5.41, 5.74) is 0.534. The van der Waals surface area contributed by atoms with Gasteiger partial charge in [-0.05, 0) is 87.5 Å². The van der Waals surface area contributed by atoms with Gasteiger partial charge in [-0.3, -0.25) is 0 Å². The Morgan fingerprint density at radius 2 is 1.67 bits per heavy atom. The molecule has 1 aliphatic heterocycles. The van der Waals surface area contributed by atoms with Crippen LogP contribution in [0, 0.1) is 29.1 Å². The first-order valence-electron chi connectivity index (χ1n) is 8.88. The van der Waals surface area contributed by atoms with Gasteiger partial charge in [0.15, 0.2) is 9.84 Å². The first kappa shape index (κ1) is 14.5. The van der Waals surface area contributed by atoms with Gasteiger partial charge >= 0.3 is 0 Å². The molecule has 5 fully saturated rings. The Balaban J connectivity index is 1.38. The van der Waals surface area contributed by atoms with E-state index in [0.29, 0.717) is 28.9 Å². The van der Waals surface area contributed by atoms with Gasteiger partial charge in [0.25, 0.3) is 0 Å². The summed E-state index contributed by atoms with van der Waals surface area (Å²) in [6.07, 6.45) is 9.62. The first-order chi connectivity index (χ1) is 9.94. The van der Waals surface area contributed by atoms with Gasteiger partial charge in [-0.1, -0.05) is 0 Å². The molecule has 3 nitrogen and oxygen atoms in total. The minimum absolute atomic E-state index is 0.353. The molecule has 1 heterocycles. The summed E-state index contributed by atoms with van der Waals surface area (Å²) in [5, 5.41) is 3.75. The standard InChI is InChI=1S/C17H29NO2S/c1-12(18-10-13-2-3-21(19,20)11-13)17-7-14-4-15(8-17)6-16(5-14)9-17/h12-16,18H,2-11H2,1H3/t12-,13+,14?,15?,16?,17?/m1/s1. The predicted octanol–water partition coefficient (Wildman–Crippen LogP) is 2.62. The zero-order chi connectivity index (χ0) is 14.7. The summed E-state index contributed by atoms with van der Waals surface area (Å²) >= 11 is 0. The van der Waals surface area contributed by atoms with Crippen LogP contribution in [0.25, 0.3) is 0 Å². The Hall–Kier alpha value is -0.0900. The molecule has 4 saturated carbocycles. The van der Waals surface area contributed by atoms with Crippen LogP contribution in [0.15, 0.2) is 0 Å². The molecule has 1 N–H and O–H groups in total. The fourth-order valence-electron chi connectivity index (χ4n) is 6.30. The molecule has 0 unspecified atom stereocenters. The minimum Gasteiger partial charge on any atom is -0.313 e. The molecule has 0 aromatic heterocycles. The maximum Gasteiger partial charge on any atom is 0.150 e. The Morgan fingerprint density at radius 1 is 1.10 bits per heavy atom. The fraction of sp³-hybridized carbons (Fsp3) is 1.00. The zero-order valence-corrected chi connectivity index (χ0v) is 14.0. The summed E-state index contributed by atoms with van der Waals surface area (Å²) in [7, 11) is -2.73. The third-order valence-electron chi connectivity index (χ3n) is 7.04. The van der Waals surface area contributed by atoms with Crippen molar-refractivity contribution in [1.82, 2.24) is 5.32 Å². The van der Waals surface area contributed by atoms with E-state index in [2.05, 4.69) is 12.2 Å². The first-order valence-corrected chi connectivity index (χ1v) is 10.7. The smallest absolute Gasteiger partial charge is 0.150 e. The highest BCUT2D eigenvalue weighted by Gasteiger charge is 2.53. The van der Waals surface area contributed by atoms with Crippen molar-refractivity contribution in [3.8, 4) is 0 Å². The second-order valence-corrected chi connectivity index (χ2v) is 10.9. The highest BCUT2D eigenvalue weighted by Crippen LogP contribution is 2.61. The summed E-state index contributed by atoms with van der Waals surface area (Å²) in [5.74, 6) is 4.15. The summed E-state index contributed by atoms with van der Waals surface area (Å²) in [4.78, 5) is 0. The lowest BCUT2D eigenvalue weighted by molar-refractivity contribution is -0.0707. The molecule has 21 heavy (non-hydrogen) atoms. The van der Waals surface area contributed by atoms with E-state index in [4.69, 9.17) is 0 Å². The predicted molar refractivity (Wildman–Crippen MR) is 84.8 cm³/mol. The Morgan fingerprint density at radius 3 is 2.14 bits per heavy atom. The van der Waals surface area contributed by atoms with Crippen LogP contribution in [0.4, 0.5) is 0 Å². The van der Waals surface area contributed by atoms with E-state index in [1.165, 1.54) is 38.5 Å². The molecule has 0 spiro atoms. The van der Waals surface area contributed by atoms with Crippen molar-refractivity contribution in [2.75, 3.05) is 18.1 Å². The monoisotopic (exact) mass is 311 g/mol. The van der Waals surface area contributed by atoms with E-state index in [1.807, 2.05) is 0 Å². The van der Waals surface area contributed by atoms with E-state index >= 15 is 0 Å². The second kappa shape index (κ2) is 4.95. The van der Waals surface area contributed by atoms with E-state index in [-0.39, 0.29) is 0 Å². The molecule has 4 aliphatic carbocycles. The van der Waals surface area contributed by atoms with E-state index < -0.39 is 9.84 Å². The maximum atomic E-state index is 11.6. The van der Waals surface area contributed by atoms with E-state index in [0.717, 1.165) is 30.7 Å².